The van der Waals surface area contributed by atoms with E-state index in [9.17, 15) is 0 Å². The topological polar surface area (TPSA) is 44.5 Å². The summed E-state index contributed by atoms with van der Waals surface area (Å²) in [6.45, 7) is 4.33. The number of nitrogens with zero attached hydrogens (tertiary/aromatic N) is 1. The van der Waals surface area contributed by atoms with Gasteiger partial charge in [0.2, 0.25) is 0 Å². The Bertz CT molecular complexity index is 146. The molecule has 2 N–H and O–H groups in total. The Kier molecular flexibility index (Phi) is 1.47. The molecule has 0 aromatic heterocycles. The maximum Gasteiger partial charge on any atom is 0.277 e. The van der Waals surface area contributed by atoms with Crippen molar-refractivity contribution in [1.82, 2.24) is 0 Å². The lowest BCUT2D eigenvalue weighted by Crippen LogP contribution is -2.70. The molecule has 11 heavy (non-hydrogen) atoms. The van der Waals surface area contributed by atoms with E-state index in [0.717, 1.165) is 24.1 Å². The van der Waals surface area contributed by atoms with E-state index in [-0.39, 0.29) is 0 Å². The van der Waals surface area contributed by atoms with E-state index in [1.807, 2.05) is 0 Å². The van der Waals surface area contributed by atoms with Gasteiger partial charge in [0, 0.05) is 0 Å². The molecule has 4 nitrogen and oxygen atoms in total. The summed E-state index contributed by atoms with van der Waals surface area (Å²) in [5.41, 5.74) is 5.83. The van der Waals surface area contributed by atoms with Crippen LogP contribution in [0.1, 0.15) is 0 Å². The second kappa shape index (κ2) is 2.17. The second-order valence-corrected chi connectivity index (χ2v) is 3.73. The Labute approximate surface area is 66.5 Å². The van der Waals surface area contributed by atoms with Crippen molar-refractivity contribution in [3.05, 3.63) is 0 Å². The molecule has 2 bridgehead atoms. The average molecular weight is 159 g/mol. The molecule has 4 heteroatoms. The summed E-state index contributed by atoms with van der Waals surface area (Å²) in [7, 11) is 2.20. The number of fused-ring (bicyclic) bond motifs is 2. The zero-order valence-electron chi connectivity index (χ0n) is 6.88. The highest BCUT2D eigenvalue weighted by Gasteiger charge is 2.46. The molecule has 2 saturated heterocycles. The molecule has 2 heterocycles. The van der Waals surface area contributed by atoms with Crippen molar-refractivity contribution in [3.63, 3.8) is 0 Å². The quantitative estimate of drug-likeness (QED) is 0.466. The molecule has 2 aliphatic heterocycles. The first kappa shape index (κ1) is 7.49. The van der Waals surface area contributed by atoms with Crippen molar-refractivity contribution in [2.24, 2.45) is 5.73 Å². The van der Waals surface area contributed by atoms with E-state index in [1.165, 1.54) is 0 Å². The Morgan fingerprint density at radius 2 is 1.82 bits per heavy atom. The number of nitrogens with two attached hydrogens (primary N) is 1. The van der Waals surface area contributed by atoms with Crippen LogP contribution in [-0.2, 0) is 9.47 Å². The van der Waals surface area contributed by atoms with Crippen molar-refractivity contribution in [2.75, 3.05) is 39.9 Å². The third-order valence-corrected chi connectivity index (χ3v) is 2.56. The first-order valence-corrected chi connectivity index (χ1v) is 4.02. The molecule has 0 saturated carbocycles. The predicted molar refractivity (Wildman–Crippen MR) is 39.6 cm³/mol. The number of likely N-dealkylation sites (N-methyl/N-ethyl adjacent to an activating group) is 1. The zero-order chi connectivity index (χ0) is 7.95. The van der Waals surface area contributed by atoms with Gasteiger partial charge in [-0.1, -0.05) is 0 Å². The van der Waals surface area contributed by atoms with Crippen LogP contribution in [-0.4, -0.2) is 50.3 Å². The standard InChI is InChI=1S/C7H15N2O2/c1-9-2-4-10-7(8,6-9)11-5-3-9/h2-6,8H2,1H3/q+1. The number of hydrogen-bond acceptors (Lipinski definition) is 3. The van der Waals surface area contributed by atoms with Crippen molar-refractivity contribution in [1.29, 1.82) is 0 Å². The van der Waals surface area contributed by atoms with Gasteiger partial charge >= 0.3 is 0 Å². The second-order valence-electron chi connectivity index (χ2n) is 3.73. The summed E-state index contributed by atoms with van der Waals surface area (Å²) in [4.78, 5) is 0. The maximum absolute atomic E-state index is 5.83. The molecule has 0 aliphatic carbocycles. The van der Waals surface area contributed by atoms with Crippen LogP contribution < -0.4 is 5.73 Å². The summed E-state index contributed by atoms with van der Waals surface area (Å²) in [5.74, 6) is -0.786. The molecule has 64 valence electrons. The van der Waals surface area contributed by atoms with Crippen molar-refractivity contribution < 1.29 is 14.0 Å². The summed E-state index contributed by atoms with van der Waals surface area (Å²) in [5, 5.41) is 0. The van der Waals surface area contributed by atoms with E-state index in [0.29, 0.717) is 13.2 Å². The first-order chi connectivity index (χ1) is 5.12. The molecule has 0 spiro atoms. The average Bonchev–Trinajstić information content (AvgIpc) is 1.83. The fraction of sp³-hybridized carbons (Fsp3) is 1.00. The van der Waals surface area contributed by atoms with E-state index in [4.69, 9.17) is 15.2 Å². The number of rotatable bonds is 0. The normalized spacial score (nSPS) is 50.7. The van der Waals surface area contributed by atoms with Crippen molar-refractivity contribution in [3.8, 4) is 0 Å². The third kappa shape index (κ3) is 1.27. The van der Waals surface area contributed by atoms with Crippen LogP contribution in [0.25, 0.3) is 0 Å². The fourth-order valence-corrected chi connectivity index (χ4v) is 1.81. The van der Waals surface area contributed by atoms with E-state index >= 15 is 0 Å². The Hall–Kier alpha value is -0.160. The van der Waals surface area contributed by atoms with Gasteiger partial charge < -0.3 is 14.0 Å². The van der Waals surface area contributed by atoms with Gasteiger partial charge in [0.25, 0.3) is 5.91 Å². The lowest BCUT2D eigenvalue weighted by molar-refractivity contribution is -0.939. The molecule has 2 rings (SSSR count). The van der Waals surface area contributed by atoms with Gasteiger partial charge in [0.1, 0.15) is 32.8 Å². The van der Waals surface area contributed by atoms with Crippen molar-refractivity contribution in [2.45, 2.75) is 5.91 Å². The number of quaternary nitrogens is 1. The van der Waals surface area contributed by atoms with Crippen molar-refractivity contribution >= 4 is 0 Å². The molecule has 0 aromatic rings. The maximum atomic E-state index is 5.83. The summed E-state index contributed by atoms with van der Waals surface area (Å²) < 4.78 is 11.7. The first-order valence-electron chi connectivity index (χ1n) is 4.02. The molecule has 0 unspecified atom stereocenters. The van der Waals surface area contributed by atoms with Gasteiger partial charge in [-0.2, -0.15) is 0 Å². The summed E-state index contributed by atoms with van der Waals surface area (Å²) in [6, 6.07) is 0. The van der Waals surface area contributed by atoms with Gasteiger partial charge in [0.05, 0.1) is 7.05 Å². The van der Waals surface area contributed by atoms with E-state index < -0.39 is 5.91 Å². The molecule has 2 fully saturated rings. The van der Waals surface area contributed by atoms with Crippen LogP contribution in [0.3, 0.4) is 0 Å². The van der Waals surface area contributed by atoms with E-state index in [2.05, 4.69) is 7.05 Å². The molecule has 2 aliphatic rings. The van der Waals surface area contributed by atoms with Crippen LogP contribution in [0.4, 0.5) is 0 Å². The zero-order valence-corrected chi connectivity index (χ0v) is 6.88. The van der Waals surface area contributed by atoms with Crippen LogP contribution in [0.2, 0.25) is 0 Å². The van der Waals surface area contributed by atoms with E-state index in [1.54, 1.807) is 0 Å². The van der Waals surface area contributed by atoms with Gasteiger partial charge in [-0.15, -0.1) is 0 Å². The van der Waals surface area contributed by atoms with Crippen LogP contribution in [0.5, 0.6) is 0 Å². The monoisotopic (exact) mass is 159 g/mol. The van der Waals surface area contributed by atoms with Gasteiger partial charge in [0.15, 0.2) is 0 Å². The molecular weight excluding hydrogens is 144 g/mol. The lowest BCUT2D eigenvalue weighted by Gasteiger charge is -2.48. The minimum atomic E-state index is -0.786. The van der Waals surface area contributed by atoms with Gasteiger partial charge in [-0.3, -0.25) is 5.73 Å². The number of ether oxygens (including phenoxy) is 2. The highest BCUT2D eigenvalue weighted by atomic mass is 16.7. The van der Waals surface area contributed by atoms with Crippen LogP contribution in [0.15, 0.2) is 0 Å². The molecule has 0 atom stereocenters. The highest BCUT2D eigenvalue weighted by molar-refractivity contribution is 4.69. The molecule has 0 aromatic carbocycles. The molecule has 0 amide bonds. The number of morpholine rings is 2. The van der Waals surface area contributed by atoms with Gasteiger partial charge in [-0.25, -0.2) is 0 Å². The van der Waals surface area contributed by atoms with Gasteiger partial charge in [-0.05, 0) is 0 Å². The Morgan fingerprint density at radius 1 is 1.27 bits per heavy atom. The summed E-state index contributed by atoms with van der Waals surface area (Å²) in [6.07, 6.45) is 0. The minimum Gasteiger partial charge on any atom is -0.327 e. The Morgan fingerprint density at radius 3 is 2.18 bits per heavy atom. The smallest absolute Gasteiger partial charge is 0.277 e. The highest BCUT2D eigenvalue weighted by Crippen LogP contribution is 2.23. The van der Waals surface area contributed by atoms with Crippen LogP contribution >= 0.6 is 0 Å². The largest absolute Gasteiger partial charge is 0.327 e. The summed E-state index contributed by atoms with van der Waals surface area (Å²) >= 11 is 0. The Balaban J connectivity index is 2.16. The third-order valence-electron chi connectivity index (χ3n) is 2.56. The molecular formula is C7H15N2O2+. The fourth-order valence-electron chi connectivity index (χ4n) is 1.81. The lowest BCUT2D eigenvalue weighted by atomic mass is 10.2. The minimum absolute atomic E-state index is 0.715. The predicted octanol–water partition coefficient (Wildman–Crippen LogP) is -0.894. The molecule has 0 radical (unpaired) electrons. The number of hydrogen-bond donors (Lipinski definition) is 1. The SMILES string of the molecule is C[N+]12CCOC(N)(C1)OCC2. The van der Waals surface area contributed by atoms with Crippen LogP contribution in [0, 0.1) is 0 Å².